The Morgan fingerprint density at radius 2 is 2.07 bits per heavy atom. The summed E-state index contributed by atoms with van der Waals surface area (Å²) in [6.45, 7) is 6.26. The number of aryl methyl sites for hydroxylation is 2. The van der Waals surface area contributed by atoms with Gasteiger partial charge in [0.05, 0.1) is 0 Å². The first-order valence-electron chi connectivity index (χ1n) is 5.22. The van der Waals surface area contributed by atoms with Gasteiger partial charge in [0, 0.05) is 25.0 Å². The fraction of sp³-hybridized carbons (Fsp3) is 0.500. The van der Waals surface area contributed by atoms with Gasteiger partial charge in [-0.3, -0.25) is 0 Å². The fourth-order valence-electron chi connectivity index (χ4n) is 2.28. The molecule has 0 saturated carbocycles. The van der Waals surface area contributed by atoms with E-state index in [4.69, 9.17) is 5.73 Å². The standard InChI is InChI=1S/C12H18N2/c1-8-3-4-10(9(2)5-8)11-6-14-7-12(11)13/h3-5,11-12,14H,6-7,13H2,1-2H3. The summed E-state index contributed by atoms with van der Waals surface area (Å²) < 4.78 is 0. The summed E-state index contributed by atoms with van der Waals surface area (Å²) in [4.78, 5) is 0. The van der Waals surface area contributed by atoms with Gasteiger partial charge in [-0.25, -0.2) is 0 Å². The van der Waals surface area contributed by atoms with Gasteiger partial charge < -0.3 is 11.1 Å². The molecule has 0 radical (unpaired) electrons. The van der Waals surface area contributed by atoms with Gasteiger partial charge in [-0.05, 0) is 25.0 Å². The summed E-state index contributed by atoms with van der Waals surface area (Å²) in [5, 5.41) is 3.34. The molecule has 2 unspecified atom stereocenters. The Labute approximate surface area is 85.5 Å². The molecular formula is C12H18N2. The van der Waals surface area contributed by atoms with Gasteiger partial charge in [0.1, 0.15) is 0 Å². The quantitative estimate of drug-likeness (QED) is 0.701. The van der Waals surface area contributed by atoms with E-state index in [0.717, 1.165) is 13.1 Å². The number of hydrogen-bond donors (Lipinski definition) is 2. The molecule has 2 rings (SSSR count). The van der Waals surface area contributed by atoms with Gasteiger partial charge >= 0.3 is 0 Å². The van der Waals surface area contributed by atoms with E-state index in [1.54, 1.807) is 0 Å². The zero-order valence-corrected chi connectivity index (χ0v) is 8.88. The molecular weight excluding hydrogens is 172 g/mol. The van der Waals surface area contributed by atoms with E-state index >= 15 is 0 Å². The highest BCUT2D eigenvalue weighted by molar-refractivity contribution is 5.35. The molecule has 1 fully saturated rings. The molecule has 1 aliphatic rings. The monoisotopic (exact) mass is 190 g/mol. The lowest BCUT2D eigenvalue weighted by molar-refractivity contribution is 0.650. The molecule has 0 aliphatic carbocycles. The lowest BCUT2D eigenvalue weighted by Gasteiger charge is -2.17. The van der Waals surface area contributed by atoms with Crippen molar-refractivity contribution in [3.8, 4) is 0 Å². The molecule has 1 aromatic rings. The maximum atomic E-state index is 6.06. The van der Waals surface area contributed by atoms with Gasteiger partial charge in [-0.2, -0.15) is 0 Å². The van der Waals surface area contributed by atoms with Crippen LogP contribution in [0.4, 0.5) is 0 Å². The molecule has 76 valence electrons. The fourth-order valence-corrected chi connectivity index (χ4v) is 2.28. The van der Waals surface area contributed by atoms with Crippen molar-refractivity contribution in [3.63, 3.8) is 0 Å². The van der Waals surface area contributed by atoms with Gasteiger partial charge in [0.2, 0.25) is 0 Å². The summed E-state index contributed by atoms with van der Waals surface area (Å²) >= 11 is 0. The largest absolute Gasteiger partial charge is 0.326 e. The first-order valence-corrected chi connectivity index (χ1v) is 5.22. The second-order valence-electron chi connectivity index (χ2n) is 4.29. The average Bonchev–Trinajstić information content (AvgIpc) is 2.52. The van der Waals surface area contributed by atoms with E-state index in [2.05, 4.69) is 37.4 Å². The molecule has 0 amide bonds. The molecule has 2 heteroatoms. The van der Waals surface area contributed by atoms with Gasteiger partial charge in [0.15, 0.2) is 0 Å². The van der Waals surface area contributed by atoms with Crippen molar-refractivity contribution in [2.24, 2.45) is 5.73 Å². The number of benzene rings is 1. The van der Waals surface area contributed by atoms with Crippen LogP contribution in [0.2, 0.25) is 0 Å². The number of nitrogens with one attached hydrogen (secondary N) is 1. The number of hydrogen-bond acceptors (Lipinski definition) is 2. The van der Waals surface area contributed by atoms with Crippen molar-refractivity contribution in [2.75, 3.05) is 13.1 Å². The van der Waals surface area contributed by atoms with Gasteiger partial charge in [-0.1, -0.05) is 23.8 Å². The molecule has 0 bridgehead atoms. The van der Waals surface area contributed by atoms with Crippen molar-refractivity contribution in [1.82, 2.24) is 5.32 Å². The molecule has 1 aromatic carbocycles. The first-order chi connectivity index (χ1) is 6.68. The van der Waals surface area contributed by atoms with E-state index in [-0.39, 0.29) is 6.04 Å². The minimum atomic E-state index is 0.274. The second kappa shape index (κ2) is 3.71. The molecule has 14 heavy (non-hydrogen) atoms. The van der Waals surface area contributed by atoms with Crippen LogP contribution in [0.15, 0.2) is 18.2 Å². The molecule has 2 atom stereocenters. The van der Waals surface area contributed by atoms with Crippen LogP contribution < -0.4 is 11.1 Å². The van der Waals surface area contributed by atoms with Crippen molar-refractivity contribution in [2.45, 2.75) is 25.8 Å². The Morgan fingerprint density at radius 3 is 2.64 bits per heavy atom. The molecule has 3 N–H and O–H groups in total. The number of rotatable bonds is 1. The Hall–Kier alpha value is -0.860. The van der Waals surface area contributed by atoms with Crippen LogP contribution in [0.25, 0.3) is 0 Å². The third-order valence-electron chi connectivity index (χ3n) is 3.09. The number of nitrogens with two attached hydrogens (primary N) is 1. The Kier molecular flexibility index (Phi) is 2.57. The lowest BCUT2D eigenvalue weighted by atomic mass is 9.90. The highest BCUT2D eigenvalue weighted by Crippen LogP contribution is 2.25. The maximum absolute atomic E-state index is 6.06. The van der Waals surface area contributed by atoms with Crippen LogP contribution in [0.3, 0.4) is 0 Å². The van der Waals surface area contributed by atoms with Crippen LogP contribution in [0.1, 0.15) is 22.6 Å². The Morgan fingerprint density at radius 1 is 1.29 bits per heavy atom. The predicted octanol–water partition coefficient (Wildman–Crippen LogP) is 1.32. The lowest BCUT2D eigenvalue weighted by Crippen LogP contribution is -2.27. The van der Waals surface area contributed by atoms with Gasteiger partial charge in [0.25, 0.3) is 0 Å². The predicted molar refractivity (Wildman–Crippen MR) is 59.5 cm³/mol. The second-order valence-corrected chi connectivity index (χ2v) is 4.29. The van der Waals surface area contributed by atoms with Crippen LogP contribution in [0, 0.1) is 13.8 Å². The van der Waals surface area contributed by atoms with E-state index in [1.165, 1.54) is 16.7 Å². The van der Waals surface area contributed by atoms with E-state index in [1.807, 2.05) is 0 Å². The minimum absolute atomic E-state index is 0.274. The van der Waals surface area contributed by atoms with E-state index in [9.17, 15) is 0 Å². The SMILES string of the molecule is Cc1ccc(C2CNCC2N)c(C)c1. The maximum Gasteiger partial charge on any atom is 0.0247 e. The van der Waals surface area contributed by atoms with Crippen molar-refractivity contribution in [1.29, 1.82) is 0 Å². The smallest absolute Gasteiger partial charge is 0.0247 e. The summed E-state index contributed by atoms with van der Waals surface area (Å²) in [7, 11) is 0. The third kappa shape index (κ3) is 1.68. The topological polar surface area (TPSA) is 38.0 Å². The van der Waals surface area contributed by atoms with Crippen molar-refractivity contribution < 1.29 is 0 Å². The first kappa shape index (κ1) is 9.69. The molecule has 2 nitrogen and oxygen atoms in total. The molecule has 0 aromatic heterocycles. The van der Waals surface area contributed by atoms with Crippen molar-refractivity contribution >= 4 is 0 Å². The average molecular weight is 190 g/mol. The zero-order valence-electron chi connectivity index (χ0n) is 8.88. The van der Waals surface area contributed by atoms with E-state index < -0.39 is 0 Å². The molecule has 1 aliphatic heterocycles. The normalized spacial score (nSPS) is 26.8. The summed E-state index contributed by atoms with van der Waals surface area (Å²) in [6.07, 6.45) is 0. The van der Waals surface area contributed by atoms with Gasteiger partial charge in [-0.15, -0.1) is 0 Å². The minimum Gasteiger partial charge on any atom is -0.326 e. The molecule has 0 spiro atoms. The third-order valence-corrected chi connectivity index (χ3v) is 3.09. The zero-order chi connectivity index (χ0) is 10.1. The van der Waals surface area contributed by atoms with Crippen LogP contribution in [-0.2, 0) is 0 Å². The summed E-state index contributed by atoms with van der Waals surface area (Å²) in [5.74, 6) is 0.496. The highest BCUT2D eigenvalue weighted by atomic mass is 15.0. The highest BCUT2D eigenvalue weighted by Gasteiger charge is 2.25. The summed E-state index contributed by atoms with van der Waals surface area (Å²) in [5.41, 5.74) is 10.2. The Bertz CT molecular complexity index is 333. The van der Waals surface area contributed by atoms with Crippen LogP contribution >= 0.6 is 0 Å². The molecule has 1 heterocycles. The Balaban J connectivity index is 2.31. The molecule has 1 saturated heterocycles. The van der Waals surface area contributed by atoms with Crippen LogP contribution in [0.5, 0.6) is 0 Å². The summed E-state index contributed by atoms with van der Waals surface area (Å²) in [6, 6.07) is 6.91. The van der Waals surface area contributed by atoms with E-state index in [0.29, 0.717) is 5.92 Å². The van der Waals surface area contributed by atoms with Crippen LogP contribution in [-0.4, -0.2) is 19.1 Å². The van der Waals surface area contributed by atoms with Crippen molar-refractivity contribution in [3.05, 3.63) is 34.9 Å².